The fourth-order valence-corrected chi connectivity index (χ4v) is 1.84. The first-order valence-electron chi connectivity index (χ1n) is 5.09. The van der Waals surface area contributed by atoms with Gasteiger partial charge in [-0.05, 0) is 6.07 Å². The highest BCUT2D eigenvalue weighted by Crippen LogP contribution is 2.25. The van der Waals surface area contributed by atoms with Gasteiger partial charge in [0.2, 0.25) is 0 Å². The van der Waals surface area contributed by atoms with Gasteiger partial charge in [-0.2, -0.15) is 0 Å². The van der Waals surface area contributed by atoms with E-state index in [0.29, 0.717) is 0 Å². The molecule has 3 rings (SSSR count). The Bertz CT molecular complexity index is 624. The second kappa shape index (κ2) is 3.50. The molecule has 80 valence electrons. The van der Waals surface area contributed by atoms with Crippen LogP contribution in [-0.4, -0.2) is 20.1 Å². The van der Waals surface area contributed by atoms with Crippen LogP contribution in [0, 0.1) is 0 Å². The fourth-order valence-electron chi connectivity index (χ4n) is 1.84. The Morgan fingerprint density at radius 3 is 2.94 bits per heavy atom. The van der Waals surface area contributed by atoms with E-state index in [2.05, 4.69) is 15.0 Å². The molecular formula is C12H11N3O. The van der Waals surface area contributed by atoms with Gasteiger partial charge in [0.1, 0.15) is 5.82 Å². The zero-order valence-electron chi connectivity index (χ0n) is 8.57. The summed E-state index contributed by atoms with van der Waals surface area (Å²) in [6.07, 6.45) is 3.57. The number of benzene rings is 1. The number of aliphatic hydroxyl groups is 1. The number of hydrogen-bond acceptors (Lipinski definition) is 2. The minimum atomic E-state index is -0.0185. The summed E-state index contributed by atoms with van der Waals surface area (Å²) >= 11 is 0. The van der Waals surface area contributed by atoms with E-state index in [1.54, 1.807) is 6.20 Å². The van der Waals surface area contributed by atoms with Gasteiger partial charge in [0, 0.05) is 22.7 Å². The highest BCUT2D eigenvalue weighted by atomic mass is 16.3. The summed E-state index contributed by atoms with van der Waals surface area (Å²) in [5.74, 6) is 0.779. The minimum Gasteiger partial charge on any atom is -0.390 e. The molecule has 0 saturated carbocycles. The van der Waals surface area contributed by atoms with Gasteiger partial charge in [-0.1, -0.05) is 18.2 Å². The van der Waals surface area contributed by atoms with Crippen molar-refractivity contribution in [1.82, 2.24) is 15.0 Å². The third-order valence-corrected chi connectivity index (χ3v) is 2.64. The van der Waals surface area contributed by atoms with Crippen LogP contribution >= 0.6 is 0 Å². The Hall–Kier alpha value is -2.07. The molecule has 1 aromatic carbocycles. The number of aromatic amines is 2. The predicted molar refractivity (Wildman–Crippen MR) is 61.8 cm³/mol. The molecule has 3 N–H and O–H groups in total. The maximum Gasteiger partial charge on any atom is 0.139 e. The van der Waals surface area contributed by atoms with Gasteiger partial charge in [-0.15, -0.1) is 0 Å². The molecule has 0 aliphatic carbocycles. The monoisotopic (exact) mass is 213 g/mol. The molecule has 0 atom stereocenters. The summed E-state index contributed by atoms with van der Waals surface area (Å²) in [6.45, 7) is -0.0185. The number of imidazole rings is 1. The topological polar surface area (TPSA) is 64.7 Å². The van der Waals surface area contributed by atoms with Gasteiger partial charge in [0.25, 0.3) is 0 Å². The third-order valence-electron chi connectivity index (χ3n) is 2.64. The molecule has 0 fully saturated rings. The summed E-state index contributed by atoms with van der Waals surface area (Å²) in [5.41, 5.74) is 2.83. The van der Waals surface area contributed by atoms with Crippen LogP contribution in [0.3, 0.4) is 0 Å². The van der Waals surface area contributed by atoms with E-state index in [0.717, 1.165) is 28.0 Å². The number of H-pyrrole nitrogens is 2. The van der Waals surface area contributed by atoms with Crippen LogP contribution in [0.15, 0.2) is 36.7 Å². The van der Waals surface area contributed by atoms with Crippen molar-refractivity contribution in [3.05, 3.63) is 42.4 Å². The Kier molecular flexibility index (Phi) is 2.01. The smallest absolute Gasteiger partial charge is 0.139 e. The van der Waals surface area contributed by atoms with Crippen LogP contribution in [0.5, 0.6) is 0 Å². The van der Waals surface area contributed by atoms with Crippen molar-refractivity contribution in [3.8, 4) is 11.4 Å². The van der Waals surface area contributed by atoms with Crippen molar-refractivity contribution in [2.24, 2.45) is 0 Å². The fraction of sp³-hybridized carbons (Fsp3) is 0.0833. The quantitative estimate of drug-likeness (QED) is 0.610. The molecule has 0 aliphatic rings. The highest BCUT2D eigenvalue weighted by Gasteiger charge is 2.08. The number of para-hydroxylation sites is 1. The molecule has 0 amide bonds. The molecule has 4 heteroatoms. The number of rotatable bonds is 2. The van der Waals surface area contributed by atoms with Crippen molar-refractivity contribution in [2.75, 3.05) is 0 Å². The molecular weight excluding hydrogens is 202 g/mol. The molecule has 2 heterocycles. The van der Waals surface area contributed by atoms with Gasteiger partial charge in [0.05, 0.1) is 18.5 Å². The lowest BCUT2D eigenvalue weighted by Gasteiger charge is -1.93. The van der Waals surface area contributed by atoms with Crippen LogP contribution in [0.25, 0.3) is 22.3 Å². The van der Waals surface area contributed by atoms with Crippen LogP contribution in [-0.2, 0) is 6.61 Å². The van der Waals surface area contributed by atoms with E-state index in [1.165, 1.54) is 0 Å². The molecule has 0 radical (unpaired) electrons. The summed E-state index contributed by atoms with van der Waals surface area (Å²) in [5, 5.41) is 10.1. The van der Waals surface area contributed by atoms with Crippen LogP contribution in [0.2, 0.25) is 0 Å². The van der Waals surface area contributed by atoms with Gasteiger partial charge in [-0.25, -0.2) is 4.98 Å². The molecule has 0 unspecified atom stereocenters. The van der Waals surface area contributed by atoms with E-state index in [1.807, 2.05) is 30.5 Å². The van der Waals surface area contributed by atoms with Crippen LogP contribution < -0.4 is 0 Å². The van der Waals surface area contributed by atoms with Gasteiger partial charge >= 0.3 is 0 Å². The van der Waals surface area contributed by atoms with Crippen molar-refractivity contribution in [3.63, 3.8) is 0 Å². The Balaban J connectivity index is 2.18. The second-order valence-corrected chi connectivity index (χ2v) is 3.66. The van der Waals surface area contributed by atoms with Crippen molar-refractivity contribution in [2.45, 2.75) is 6.61 Å². The van der Waals surface area contributed by atoms with Crippen molar-refractivity contribution < 1.29 is 5.11 Å². The Labute approximate surface area is 92.0 Å². The zero-order valence-corrected chi connectivity index (χ0v) is 8.57. The first-order valence-corrected chi connectivity index (χ1v) is 5.09. The number of nitrogens with one attached hydrogen (secondary N) is 2. The SMILES string of the molecule is OCc1cnc(-c2c[nH]c3ccccc23)[nH]1. The lowest BCUT2D eigenvalue weighted by molar-refractivity contribution is 0.277. The predicted octanol–water partition coefficient (Wildman–Crippen LogP) is 2.05. The zero-order chi connectivity index (χ0) is 11.0. The largest absolute Gasteiger partial charge is 0.390 e. The molecule has 0 bridgehead atoms. The van der Waals surface area contributed by atoms with Crippen molar-refractivity contribution >= 4 is 10.9 Å². The van der Waals surface area contributed by atoms with Gasteiger partial charge in [-0.3, -0.25) is 0 Å². The number of fused-ring (bicyclic) bond motifs is 1. The van der Waals surface area contributed by atoms with E-state index in [-0.39, 0.29) is 6.61 Å². The molecule has 3 aromatic rings. The summed E-state index contributed by atoms with van der Waals surface area (Å²) in [4.78, 5) is 10.5. The van der Waals surface area contributed by atoms with Crippen molar-refractivity contribution in [1.29, 1.82) is 0 Å². The normalized spacial score (nSPS) is 11.1. The number of nitrogens with zero attached hydrogens (tertiary/aromatic N) is 1. The molecule has 4 nitrogen and oxygen atoms in total. The molecule has 0 spiro atoms. The number of aliphatic hydroxyl groups excluding tert-OH is 1. The van der Waals surface area contributed by atoms with Crippen LogP contribution in [0.4, 0.5) is 0 Å². The molecule has 0 aliphatic heterocycles. The van der Waals surface area contributed by atoms with Gasteiger partial charge < -0.3 is 15.1 Å². The molecule has 16 heavy (non-hydrogen) atoms. The van der Waals surface area contributed by atoms with E-state index >= 15 is 0 Å². The first-order chi connectivity index (χ1) is 7.88. The highest BCUT2D eigenvalue weighted by molar-refractivity contribution is 5.93. The Morgan fingerprint density at radius 1 is 1.25 bits per heavy atom. The maximum atomic E-state index is 8.98. The first kappa shape index (κ1) is 9.18. The second-order valence-electron chi connectivity index (χ2n) is 3.66. The van der Waals surface area contributed by atoms with E-state index in [9.17, 15) is 0 Å². The van der Waals surface area contributed by atoms with Crippen LogP contribution in [0.1, 0.15) is 5.69 Å². The third kappa shape index (κ3) is 1.31. The minimum absolute atomic E-state index is 0.0185. The van der Waals surface area contributed by atoms with Gasteiger partial charge in [0.15, 0.2) is 0 Å². The lowest BCUT2D eigenvalue weighted by Crippen LogP contribution is -1.82. The maximum absolute atomic E-state index is 8.98. The summed E-state index contributed by atoms with van der Waals surface area (Å²) in [7, 11) is 0. The summed E-state index contributed by atoms with van der Waals surface area (Å²) < 4.78 is 0. The standard InChI is InChI=1S/C12H11N3O/c16-7-8-5-14-12(15-8)10-6-13-11-4-2-1-3-9(10)11/h1-6,13,16H,7H2,(H,14,15). The molecule has 0 saturated heterocycles. The van der Waals surface area contributed by atoms with E-state index in [4.69, 9.17) is 5.11 Å². The summed E-state index contributed by atoms with van der Waals surface area (Å²) in [6, 6.07) is 8.05. The lowest BCUT2D eigenvalue weighted by atomic mass is 10.2. The molecule has 2 aromatic heterocycles. The average molecular weight is 213 g/mol. The average Bonchev–Trinajstić information content (AvgIpc) is 2.94. The number of aromatic nitrogens is 3. The Morgan fingerprint density at radius 2 is 2.12 bits per heavy atom. The van der Waals surface area contributed by atoms with E-state index < -0.39 is 0 Å². The number of hydrogen-bond donors (Lipinski definition) is 3.